The highest BCUT2D eigenvalue weighted by molar-refractivity contribution is 8.00. The van der Waals surface area contributed by atoms with E-state index in [1.54, 1.807) is 5.57 Å². The van der Waals surface area contributed by atoms with Gasteiger partial charge in [-0.1, -0.05) is 49.2 Å². The number of thioether (sulfide) groups is 1. The van der Waals surface area contributed by atoms with Gasteiger partial charge in [0.2, 0.25) is 0 Å². The van der Waals surface area contributed by atoms with Crippen molar-refractivity contribution >= 4 is 22.5 Å². The Morgan fingerprint density at radius 1 is 1.12 bits per heavy atom. The SMILES string of the molecule is CCCCOc1ccc(C2SCC3C2=C2CCC3C2)c2ccccc12. The van der Waals surface area contributed by atoms with Gasteiger partial charge in [-0.15, -0.1) is 11.8 Å². The van der Waals surface area contributed by atoms with Crippen molar-refractivity contribution in [3.8, 4) is 5.75 Å². The van der Waals surface area contributed by atoms with Gasteiger partial charge < -0.3 is 4.74 Å². The molecule has 0 amide bonds. The fourth-order valence-corrected chi connectivity index (χ4v) is 6.89. The number of hydrogen-bond donors (Lipinski definition) is 0. The van der Waals surface area contributed by atoms with E-state index in [-0.39, 0.29) is 0 Å². The number of allylic oxidation sites excluding steroid dienone is 1. The van der Waals surface area contributed by atoms with Gasteiger partial charge in [-0.3, -0.25) is 0 Å². The molecule has 2 bridgehead atoms. The van der Waals surface area contributed by atoms with Crippen LogP contribution >= 0.6 is 11.8 Å². The molecule has 2 aliphatic carbocycles. The van der Waals surface area contributed by atoms with Crippen LogP contribution < -0.4 is 4.74 Å². The molecular formula is C23H26OS. The minimum absolute atomic E-state index is 0.583. The molecule has 2 aromatic carbocycles. The van der Waals surface area contributed by atoms with E-state index in [1.807, 2.05) is 5.57 Å². The molecule has 0 spiro atoms. The number of benzene rings is 2. The van der Waals surface area contributed by atoms with Gasteiger partial charge >= 0.3 is 0 Å². The Labute approximate surface area is 154 Å². The summed E-state index contributed by atoms with van der Waals surface area (Å²) in [5.74, 6) is 4.22. The average Bonchev–Trinajstić information content (AvgIpc) is 3.36. The molecule has 1 heterocycles. The first-order valence-corrected chi connectivity index (χ1v) is 10.9. The van der Waals surface area contributed by atoms with Crippen LogP contribution in [0, 0.1) is 11.8 Å². The molecular weight excluding hydrogens is 324 g/mol. The number of fused-ring (bicyclic) bond motifs is 5. The van der Waals surface area contributed by atoms with Crippen molar-refractivity contribution in [3.63, 3.8) is 0 Å². The summed E-state index contributed by atoms with van der Waals surface area (Å²) in [6.07, 6.45) is 6.50. The van der Waals surface area contributed by atoms with Crippen molar-refractivity contribution in [1.29, 1.82) is 0 Å². The van der Waals surface area contributed by atoms with E-state index >= 15 is 0 Å². The molecule has 25 heavy (non-hydrogen) atoms. The Morgan fingerprint density at radius 3 is 2.88 bits per heavy atom. The lowest BCUT2D eigenvalue weighted by Crippen LogP contribution is -2.11. The van der Waals surface area contributed by atoms with E-state index in [0.29, 0.717) is 5.25 Å². The summed E-state index contributed by atoms with van der Waals surface area (Å²) < 4.78 is 6.09. The van der Waals surface area contributed by atoms with Crippen molar-refractivity contribution in [2.45, 2.75) is 44.3 Å². The zero-order chi connectivity index (χ0) is 16.8. The monoisotopic (exact) mass is 350 g/mol. The van der Waals surface area contributed by atoms with Gasteiger partial charge in [0.15, 0.2) is 0 Å². The zero-order valence-corrected chi connectivity index (χ0v) is 15.8. The second kappa shape index (κ2) is 6.39. The smallest absolute Gasteiger partial charge is 0.127 e. The van der Waals surface area contributed by atoms with E-state index in [2.05, 4.69) is 55.1 Å². The summed E-state index contributed by atoms with van der Waals surface area (Å²) in [7, 11) is 0. The highest BCUT2D eigenvalue weighted by Crippen LogP contribution is 2.61. The molecule has 0 radical (unpaired) electrons. The standard InChI is InChI=1S/C23H26OS/c1-2-3-12-24-21-11-10-19(17-6-4-5-7-18(17)21)23-22-16-9-8-15(13-16)20(22)14-25-23/h4-7,10-11,15,20,23H,2-3,8-9,12-14H2,1H3. The van der Waals surface area contributed by atoms with E-state index < -0.39 is 0 Å². The zero-order valence-electron chi connectivity index (χ0n) is 15.0. The van der Waals surface area contributed by atoms with Crippen LogP contribution in [0.2, 0.25) is 0 Å². The Bertz CT molecular complexity index is 837. The Balaban J connectivity index is 1.55. The third kappa shape index (κ3) is 2.52. The van der Waals surface area contributed by atoms with Crippen LogP contribution in [0.4, 0.5) is 0 Å². The molecule has 130 valence electrons. The summed E-state index contributed by atoms with van der Waals surface area (Å²) in [4.78, 5) is 0. The fraction of sp³-hybridized carbons (Fsp3) is 0.478. The van der Waals surface area contributed by atoms with Crippen LogP contribution in [0.1, 0.15) is 49.8 Å². The molecule has 2 heteroatoms. The quantitative estimate of drug-likeness (QED) is 0.447. The van der Waals surface area contributed by atoms with E-state index in [0.717, 1.165) is 30.6 Å². The molecule has 1 nitrogen and oxygen atoms in total. The van der Waals surface area contributed by atoms with Crippen molar-refractivity contribution in [3.05, 3.63) is 53.1 Å². The first-order chi connectivity index (χ1) is 12.4. The van der Waals surface area contributed by atoms with Gasteiger partial charge in [-0.05, 0) is 60.1 Å². The minimum Gasteiger partial charge on any atom is -0.493 e. The molecule has 1 saturated heterocycles. The highest BCUT2D eigenvalue weighted by atomic mass is 32.2. The maximum Gasteiger partial charge on any atom is 0.127 e. The number of rotatable bonds is 5. The third-order valence-electron chi connectivity index (χ3n) is 6.38. The largest absolute Gasteiger partial charge is 0.493 e. The summed E-state index contributed by atoms with van der Waals surface area (Å²) >= 11 is 2.18. The predicted octanol–water partition coefficient (Wildman–Crippen LogP) is 6.53. The van der Waals surface area contributed by atoms with Gasteiger partial charge in [-0.25, -0.2) is 0 Å². The first-order valence-electron chi connectivity index (χ1n) is 9.84. The molecule has 1 aliphatic heterocycles. The first kappa shape index (κ1) is 15.8. The van der Waals surface area contributed by atoms with E-state index in [9.17, 15) is 0 Å². The van der Waals surface area contributed by atoms with Crippen LogP contribution in [-0.2, 0) is 0 Å². The highest BCUT2D eigenvalue weighted by Gasteiger charge is 2.46. The topological polar surface area (TPSA) is 9.23 Å². The molecule has 5 rings (SSSR count). The van der Waals surface area contributed by atoms with Crippen molar-refractivity contribution in [2.75, 3.05) is 12.4 Å². The molecule has 0 aromatic heterocycles. The summed E-state index contributed by atoms with van der Waals surface area (Å²) in [6.45, 7) is 3.03. The van der Waals surface area contributed by atoms with Gasteiger partial charge in [-0.2, -0.15) is 0 Å². The summed E-state index contributed by atoms with van der Waals surface area (Å²) in [5, 5.41) is 3.26. The lowest BCUT2D eigenvalue weighted by atomic mass is 9.84. The third-order valence-corrected chi connectivity index (χ3v) is 7.78. The van der Waals surface area contributed by atoms with Crippen molar-refractivity contribution in [2.24, 2.45) is 11.8 Å². The molecule has 0 N–H and O–H groups in total. The van der Waals surface area contributed by atoms with Gasteiger partial charge in [0.25, 0.3) is 0 Å². The maximum absolute atomic E-state index is 6.09. The lowest BCUT2D eigenvalue weighted by molar-refractivity contribution is 0.313. The number of unbranched alkanes of at least 4 members (excludes halogenated alkanes) is 1. The molecule has 1 saturated carbocycles. The van der Waals surface area contributed by atoms with Crippen LogP contribution in [0.3, 0.4) is 0 Å². The Morgan fingerprint density at radius 2 is 2.00 bits per heavy atom. The fourth-order valence-electron chi connectivity index (χ4n) is 5.13. The van der Waals surface area contributed by atoms with E-state index in [1.165, 1.54) is 47.8 Å². The van der Waals surface area contributed by atoms with Gasteiger partial charge in [0, 0.05) is 11.1 Å². The molecule has 3 atom stereocenters. The van der Waals surface area contributed by atoms with Crippen LogP contribution in [0.5, 0.6) is 5.75 Å². The molecule has 3 unspecified atom stereocenters. The summed E-state index contributed by atoms with van der Waals surface area (Å²) in [6, 6.07) is 13.4. The Hall–Kier alpha value is -1.41. The van der Waals surface area contributed by atoms with Crippen LogP contribution in [0.25, 0.3) is 10.8 Å². The predicted molar refractivity (Wildman–Crippen MR) is 107 cm³/mol. The van der Waals surface area contributed by atoms with Crippen molar-refractivity contribution in [1.82, 2.24) is 0 Å². The van der Waals surface area contributed by atoms with Crippen LogP contribution in [0.15, 0.2) is 47.5 Å². The second-order valence-corrected chi connectivity index (χ2v) is 8.92. The summed E-state index contributed by atoms with van der Waals surface area (Å²) in [5.41, 5.74) is 5.13. The Kier molecular flexibility index (Phi) is 4.04. The van der Waals surface area contributed by atoms with Crippen LogP contribution in [-0.4, -0.2) is 12.4 Å². The number of hydrogen-bond acceptors (Lipinski definition) is 2. The van der Waals surface area contributed by atoms with E-state index in [4.69, 9.17) is 4.74 Å². The maximum atomic E-state index is 6.09. The minimum atomic E-state index is 0.583. The van der Waals surface area contributed by atoms with Gasteiger partial charge in [0.1, 0.15) is 5.75 Å². The molecule has 3 aliphatic rings. The second-order valence-electron chi connectivity index (χ2n) is 7.78. The molecule has 2 aromatic rings. The molecule has 2 fully saturated rings. The lowest BCUT2D eigenvalue weighted by Gasteiger charge is -2.21. The average molecular weight is 351 g/mol. The normalized spacial score (nSPS) is 27.3. The van der Waals surface area contributed by atoms with Crippen molar-refractivity contribution < 1.29 is 4.74 Å². The van der Waals surface area contributed by atoms with Gasteiger partial charge in [0.05, 0.1) is 11.9 Å². The number of ether oxygens (including phenoxy) is 1.